The Labute approximate surface area is 137 Å². The first-order chi connectivity index (χ1) is 11.2. The van der Waals surface area contributed by atoms with Gasteiger partial charge in [-0.05, 0) is 18.2 Å². The van der Waals surface area contributed by atoms with E-state index in [0.717, 1.165) is 11.0 Å². The van der Waals surface area contributed by atoms with Gasteiger partial charge in [-0.1, -0.05) is 42.1 Å². The number of ketones is 1. The van der Waals surface area contributed by atoms with E-state index in [2.05, 4.69) is 14.7 Å². The van der Waals surface area contributed by atoms with E-state index in [0.29, 0.717) is 16.3 Å². The van der Waals surface area contributed by atoms with Crippen LogP contribution in [0.4, 0.5) is 0 Å². The third kappa shape index (κ3) is 3.43. The number of nitrogens with zero attached hydrogens (tertiary/aromatic N) is 1. The van der Waals surface area contributed by atoms with Crippen LogP contribution >= 0.6 is 11.8 Å². The maximum Gasteiger partial charge on any atom is 0.316 e. The summed E-state index contributed by atoms with van der Waals surface area (Å²) >= 11 is 1.26. The van der Waals surface area contributed by atoms with Crippen LogP contribution in [0.1, 0.15) is 15.9 Å². The van der Waals surface area contributed by atoms with E-state index in [1.165, 1.54) is 18.9 Å². The molecule has 0 spiro atoms. The molecule has 1 heterocycles. The molecule has 6 heteroatoms. The zero-order chi connectivity index (χ0) is 16.2. The number of fused-ring (bicyclic) bond motifs is 1. The fraction of sp³-hybridized carbons (Fsp3) is 0.118. The molecule has 23 heavy (non-hydrogen) atoms. The first-order valence-electron chi connectivity index (χ1n) is 6.96. The standard InChI is InChI=1S/C17H14N2O3S/c1-22-15(20)10-23-17-18-13-8-7-12(9-14(13)19-17)16(21)11-5-3-2-4-6-11/h2-9H,10H2,1H3,(H,18,19). The maximum atomic E-state index is 12.4. The molecule has 0 fully saturated rings. The lowest BCUT2D eigenvalue weighted by molar-refractivity contribution is -0.137. The quantitative estimate of drug-likeness (QED) is 0.443. The second-order valence-corrected chi connectivity index (χ2v) is 5.80. The van der Waals surface area contributed by atoms with Crippen molar-refractivity contribution in [1.82, 2.24) is 9.97 Å². The first kappa shape index (κ1) is 15.3. The maximum absolute atomic E-state index is 12.4. The number of carbonyl (C=O) groups excluding carboxylic acids is 2. The SMILES string of the molecule is COC(=O)CSc1nc2ccc(C(=O)c3ccccc3)cc2[nH]1. The number of benzene rings is 2. The van der Waals surface area contributed by atoms with Gasteiger partial charge >= 0.3 is 5.97 Å². The summed E-state index contributed by atoms with van der Waals surface area (Å²) in [5.74, 6) is -0.159. The first-order valence-corrected chi connectivity index (χ1v) is 7.95. The van der Waals surface area contributed by atoms with Gasteiger partial charge < -0.3 is 9.72 Å². The Bertz CT molecular complexity index is 859. The normalized spacial score (nSPS) is 10.7. The fourth-order valence-electron chi connectivity index (χ4n) is 2.14. The van der Waals surface area contributed by atoms with Gasteiger partial charge in [0, 0.05) is 11.1 Å². The van der Waals surface area contributed by atoms with Gasteiger partial charge in [-0.25, -0.2) is 4.98 Å². The molecule has 1 aromatic heterocycles. The molecule has 3 rings (SSSR count). The van der Waals surface area contributed by atoms with E-state index in [4.69, 9.17) is 0 Å². The second kappa shape index (κ2) is 6.66. The number of nitrogens with one attached hydrogen (secondary N) is 1. The van der Waals surface area contributed by atoms with Crippen LogP contribution in [0, 0.1) is 0 Å². The molecular formula is C17H14N2O3S. The summed E-state index contributed by atoms with van der Waals surface area (Å²) < 4.78 is 4.60. The van der Waals surface area contributed by atoms with Crippen molar-refractivity contribution in [1.29, 1.82) is 0 Å². The van der Waals surface area contributed by atoms with Crippen molar-refractivity contribution in [3.8, 4) is 0 Å². The lowest BCUT2D eigenvalue weighted by atomic mass is 10.0. The number of hydrogen-bond acceptors (Lipinski definition) is 5. The summed E-state index contributed by atoms with van der Waals surface area (Å²) in [6, 6.07) is 14.5. The number of methoxy groups -OCH3 is 1. The van der Waals surface area contributed by atoms with Crippen LogP contribution in [0.25, 0.3) is 11.0 Å². The highest BCUT2D eigenvalue weighted by atomic mass is 32.2. The van der Waals surface area contributed by atoms with E-state index < -0.39 is 0 Å². The van der Waals surface area contributed by atoms with Crippen molar-refractivity contribution < 1.29 is 14.3 Å². The molecule has 0 amide bonds. The minimum atomic E-state index is -0.310. The Morgan fingerprint density at radius 3 is 2.65 bits per heavy atom. The number of thioether (sulfide) groups is 1. The molecule has 5 nitrogen and oxygen atoms in total. The van der Waals surface area contributed by atoms with Gasteiger partial charge in [-0.3, -0.25) is 9.59 Å². The predicted octanol–water partition coefficient (Wildman–Crippen LogP) is 3.06. The number of aromatic nitrogens is 2. The highest BCUT2D eigenvalue weighted by Crippen LogP contribution is 2.21. The summed E-state index contributed by atoms with van der Waals surface area (Å²) in [7, 11) is 1.35. The number of ether oxygens (including phenoxy) is 1. The predicted molar refractivity (Wildman–Crippen MR) is 88.7 cm³/mol. The molecule has 0 saturated carbocycles. The molecule has 2 aromatic carbocycles. The average Bonchev–Trinajstić information content (AvgIpc) is 3.01. The van der Waals surface area contributed by atoms with E-state index in [-0.39, 0.29) is 17.5 Å². The number of H-pyrrole nitrogens is 1. The Kier molecular flexibility index (Phi) is 4.43. The van der Waals surface area contributed by atoms with Crippen molar-refractivity contribution in [2.45, 2.75) is 5.16 Å². The Hall–Kier alpha value is -2.60. The number of esters is 1. The van der Waals surface area contributed by atoms with Crippen LogP contribution in [0.2, 0.25) is 0 Å². The topological polar surface area (TPSA) is 72.0 Å². The average molecular weight is 326 g/mol. The lowest BCUT2D eigenvalue weighted by Gasteiger charge is -2.00. The van der Waals surface area contributed by atoms with E-state index in [1.807, 2.05) is 18.2 Å². The van der Waals surface area contributed by atoms with Crippen LogP contribution in [0.15, 0.2) is 53.7 Å². The van der Waals surface area contributed by atoms with Crippen LogP contribution in [-0.2, 0) is 9.53 Å². The largest absolute Gasteiger partial charge is 0.468 e. The zero-order valence-electron chi connectivity index (χ0n) is 12.4. The molecule has 0 radical (unpaired) electrons. The van der Waals surface area contributed by atoms with Gasteiger partial charge in [-0.2, -0.15) is 0 Å². The van der Waals surface area contributed by atoms with Gasteiger partial charge in [0.15, 0.2) is 10.9 Å². The number of hydrogen-bond donors (Lipinski definition) is 1. The highest BCUT2D eigenvalue weighted by Gasteiger charge is 2.12. The minimum Gasteiger partial charge on any atom is -0.468 e. The number of imidazole rings is 1. The molecule has 0 atom stereocenters. The molecule has 3 aromatic rings. The molecule has 116 valence electrons. The van der Waals surface area contributed by atoms with E-state index in [9.17, 15) is 9.59 Å². The minimum absolute atomic E-state index is 0.0362. The van der Waals surface area contributed by atoms with Crippen LogP contribution < -0.4 is 0 Å². The number of rotatable bonds is 5. The van der Waals surface area contributed by atoms with Gasteiger partial charge in [0.25, 0.3) is 0 Å². The summed E-state index contributed by atoms with van der Waals surface area (Å²) in [5.41, 5.74) is 2.75. The third-order valence-electron chi connectivity index (χ3n) is 3.31. The van der Waals surface area contributed by atoms with Gasteiger partial charge in [0.05, 0.1) is 23.9 Å². The van der Waals surface area contributed by atoms with Gasteiger partial charge in [0.2, 0.25) is 0 Å². The summed E-state index contributed by atoms with van der Waals surface area (Å²) in [4.78, 5) is 31.1. The molecule has 0 saturated heterocycles. The number of carbonyl (C=O) groups is 2. The van der Waals surface area contributed by atoms with Crippen molar-refractivity contribution in [2.75, 3.05) is 12.9 Å². The summed E-state index contributed by atoms with van der Waals surface area (Å²) in [6.07, 6.45) is 0. The van der Waals surface area contributed by atoms with Gasteiger partial charge in [0.1, 0.15) is 0 Å². The van der Waals surface area contributed by atoms with Crippen molar-refractivity contribution in [3.05, 3.63) is 59.7 Å². The van der Waals surface area contributed by atoms with Crippen molar-refractivity contribution >= 4 is 34.5 Å². The highest BCUT2D eigenvalue weighted by molar-refractivity contribution is 7.99. The Morgan fingerprint density at radius 1 is 1.13 bits per heavy atom. The van der Waals surface area contributed by atoms with Gasteiger partial charge in [-0.15, -0.1) is 0 Å². The van der Waals surface area contributed by atoms with Crippen LogP contribution in [0.5, 0.6) is 0 Å². The van der Waals surface area contributed by atoms with Crippen molar-refractivity contribution in [2.24, 2.45) is 0 Å². The fourth-order valence-corrected chi connectivity index (χ4v) is 2.86. The number of aromatic amines is 1. The second-order valence-electron chi connectivity index (χ2n) is 4.83. The lowest BCUT2D eigenvalue weighted by Crippen LogP contribution is -2.02. The zero-order valence-corrected chi connectivity index (χ0v) is 13.2. The van der Waals surface area contributed by atoms with E-state index in [1.54, 1.807) is 30.3 Å². The summed E-state index contributed by atoms with van der Waals surface area (Å²) in [6.45, 7) is 0. The monoisotopic (exact) mass is 326 g/mol. The molecule has 0 aliphatic heterocycles. The van der Waals surface area contributed by atoms with Crippen LogP contribution in [-0.4, -0.2) is 34.6 Å². The van der Waals surface area contributed by atoms with Crippen LogP contribution in [0.3, 0.4) is 0 Å². The molecule has 0 bridgehead atoms. The molecular weight excluding hydrogens is 312 g/mol. The molecule has 0 aliphatic rings. The molecule has 1 N–H and O–H groups in total. The smallest absolute Gasteiger partial charge is 0.316 e. The Morgan fingerprint density at radius 2 is 1.91 bits per heavy atom. The summed E-state index contributed by atoms with van der Waals surface area (Å²) in [5, 5.41) is 0.620. The molecule has 0 unspecified atom stereocenters. The molecule has 0 aliphatic carbocycles. The van der Waals surface area contributed by atoms with E-state index >= 15 is 0 Å². The Balaban J connectivity index is 1.84. The third-order valence-corrected chi connectivity index (χ3v) is 4.16. The van der Waals surface area contributed by atoms with Crippen molar-refractivity contribution in [3.63, 3.8) is 0 Å².